The van der Waals surface area contributed by atoms with Crippen LogP contribution in [0.5, 0.6) is 0 Å². The van der Waals surface area contributed by atoms with Gasteiger partial charge in [0.15, 0.2) is 0 Å². The third kappa shape index (κ3) is 7.48. The number of nitrogens with one attached hydrogen (secondary N) is 2. The van der Waals surface area contributed by atoms with Crippen molar-refractivity contribution in [1.29, 1.82) is 0 Å². The first-order valence-corrected chi connectivity index (χ1v) is 11.1. The van der Waals surface area contributed by atoms with Crippen LogP contribution >= 0.6 is 0 Å². The molecule has 0 saturated heterocycles. The molecule has 3 aromatic carbocycles. The van der Waals surface area contributed by atoms with E-state index in [1.165, 1.54) is 23.1 Å². The largest absolute Gasteiger partial charge is 0.416 e. The molecule has 0 bridgehead atoms. The van der Waals surface area contributed by atoms with E-state index in [4.69, 9.17) is 0 Å². The van der Waals surface area contributed by atoms with Gasteiger partial charge in [-0.1, -0.05) is 30.3 Å². The van der Waals surface area contributed by atoms with E-state index in [1.54, 1.807) is 31.2 Å². The van der Waals surface area contributed by atoms with E-state index < -0.39 is 35.4 Å². The summed E-state index contributed by atoms with van der Waals surface area (Å²) in [6.07, 6.45) is -9.01. The average Bonchev–Trinajstić information content (AvgIpc) is 2.83. The lowest BCUT2D eigenvalue weighted by molar-refractivity contribution is -0.138. The third-order valence-corrected chi connectivity index (χ3v) is 5.40. The van der Waals surface area contributed by atoms with Gasteiger partial charge in [-0.25, -0.2) is 4.79 Å². The van der Waals surface area contributed by atoms with Crippen molar-refractivity contribution in [2.24, 2.45) is 0 Å². The normalized spacial score (nSPS) is 11.6. The molecule has 0 radical (unpaired) electrons. The molecule has 0 aromatic heterocycles. The number of rotatable bonds is 7. The molecule has 2 N–H and O–H groups in total. The third-order valence-electron chi connectivity index (χ3n) is 5.40. The minimum absolute atomic E-state index is 0.00130. The van der Waals surface area contributed by atoms with E-state index in [9.17, 15) is 35.9 Å². The summed E-state index contributed by atoms with van der Waals surface area (Å²) in [6.45, 7) is 1.68. The van der Waals surface area contributed by atoms with Crippen LogP contribution in [0.3, 0.4) is 0 Å². The number of urea groups is 1. The first kappa shape index (κ1) is 27.6. The van der Waals surface area contributed by atoms with Crippen LogP contribution < -0.4 is 15.5 Å². The quantitative estimate of drug-likeness (QED) is 0.262. The Hall–Kier alpha value is -4.02. The Morgan fingerprint density at radius 2 is 1.43 bits per heavy atom. The molecule has 5 nitrogen and oxygen atoms in total. The van der Waals surface area contributed by atoms with Gasteiger partial charge >= 0.3 is 18.4 Å². The molecule has 0 aliphatic heterocycles. The molecule has 37 heavy (non-hydrogen) atoms. The maximum absolute atomic E-state index is 13.3. The standard InChI is InChI=1S/C26H23F6N3O2/c1-17-7-2-3-12-22(17)23(36)35(21-11-5-9-19(16-21)26(30,31)32)14-6-13-33-24(37)34-20-10-4-8-18(15-20)25(27,28)29/h2-5,7-12,15-16H,6,13-14H2,1H3,(H2,33,34,37). The first-order chi connectivity index (χ1) is 17.4. The molecule has 0 aliphatic rings. The molecule has 0 fully saturated rings. The van der Waals surface area contributed by atoms with Gasteiger partial charge in [-0.15, -0.1) is 0 Å². The topological polar surface area (TPSA) is 61.4 Å². The fraction of sp³-hybridized carbons (Fsp3) is 0.231. The lowest BCUT2D eigenvalue weighted by atomic mass is 10.1. The monoisotopic (exact) mass is 523 g/mol. The van der Waals surface area contributed by atoms with Crippen LogP contribution in [-0.2, 0) is 12.4 Å². The van der Waals surface area contributed by atoms with Crippen LogP contribution in [0.25, 0.3) is 0 Å². The highest BCUT2D eigenvalue weighted by Crippen LogP contribution is 2.32. The maximum atomic E-state index is 13.3. The summed E-state index contributed by atoms with van der Waals surface area (Å²) in [7, 11) is 0. The Morgan fingerprint density at radius 3 is 2.08 bits per heavy atom. The lowest BCUT2D eigenvalue weighted by Gasteiger charge is -2.25. The summed E-state index contributed by atoms with van der Waals surface area (Å²) >= 11 is 0. The number of alkyl halides is 6. The molecule has 0 aliphatic carbocycles. The average molecular weight is 523 g/mol. The van der Waals surface area contributed by atoms with E-state index in [2.05, 4.69) is 10.6 Å². The van der Waals surface area contributed by atoms with Crippen molar-refractivity contribution in [3.05, 3.63) is 95.1 Å². The van der Waals surface area contributed by atoms with Gasteiger partial charge in [-0.2, -0.15) is 26.3 Å². The number of carbonyl (C=O) groups is 2. The van der Waals surface area contributed by atoms with Gasteiger partial charge in [-0.3, -0.25) is 4.79 Å². The predicted molar refractivity (Wildman–Crippen MR) is 127 cm³/mol. The lowest BCUT2D eigenvalue weighted by Crippen LogP contribution is -2.36. The number of nitrogens with zero attached hydrogens (tertiary/aromatic N) is 1. The number of hydrogen-bond donors (Lipinski definition) is 2. The summed E-state index contributed by atoms with van der Waals surface area (Å²) in [4.78, 5) is 26.6. The zero-order valence-electron chi connectivity index (χ0n) is 19.6. The Balaban J connectivity index is 1.69. The van der Waals surface area contributed by atoms with Crippen LogP contribution in [0.2, 0.25) is 0 Å². The molecule has 3 rings (SSSR count). The van der Waals surface area contributed by atoms with Gasteiger partial charge in [0.1, 0.15) is 0 Å². The second-order valence-corrected chi connectivity index (χ2v) is 8.13. The number of aryl methyl sites for hydroxylation is 1. The number of carbonyl (C=O) groups excluding carboxylic acids is 2. The number of benzene rings is 3. The van der Waals surface area contributed by atoms with Crippen LogP contribution in [0, 0.1) is 6.92 Å². The molecule has 0 atom stereocenters. The van der Waals surface area contributed by atoms with Crippen LogP contribution in [0.1, 0.15) is 33.5 Å². The first-order valence-electron chi connectivity index (χ1n) is 11.1. The van der Waals surface area contributed by atoms with Gasteiger partial charge in [0.2, 0.25) is 0 Å². The van der Waals surface area contributed by atoms with E-state index in [1.807, 2.05) is 0 Å². The van der Waals surface area contributed by atoms with Crippen molar-refractivity contribution < 1.29 is 35.9 Å². The summed E-state index contributed by atoms with van der Waals surface area (Å²) in [6, 6.07) is 14.4. The van der Waals surface area contributed by atoms with Gasteiger partial charge in [0.25, 0.3) is 5.91 Å². The number of halogens is 6. The molecule has 196 valence electrons. The molecule has 11 heteroatoms. The Bertz CT molecular complexity index is 1260. The second-order valence-electron chi connectivity index (χ2n) is 8.13. The van der Waals surface area contributed by atoms with Gasteiger partial charge in [0, 0.05) is 30.0 Å². The molecule has 0 heterocycles. The van der Waals surface area contributed by atoms with Crippen molar-refractivity contribution in [3.63, 3.8) is 0 Å². The van der Waals surface area contributed by atoms with Gasteiger partial charge in [0.05, 0.1) is 11.1 Å². The van der Waals surface area contributed by atoms with Crippen molar-refractivity contribution in [1.82, 2.24) is 5.32 Å². The highest BCUT2D eigenvalue weighted by Gasteiger charge is 2.32. The molecule has 0 unspecified atom stereocenters. The van der Waals surface area contributed by atoms with Crippen molar-refractivity contribution >= 4 is 23.3 Å². The van der Waals surface area contributed by atoms with Crippen LogP contribution in [0.15, 0.2) is 72.8 Å². The fourth-order valence-corrected chi connectivity index (χ4v) is 3.54. The van der Waals surface area contributed by atoms with Crippen LogP contribution in [-0.4, -0.2) is 25.0 Å². The number of anilines is 2. The summed E-state index contributed by atoms with van der Waals surface area (Å²) in [5.41, 5.74) is -0.898. The van der Waals surface area contributed by atoms with Crippen molar-refractivity contribution in [2.75, 3.05) is 23.3 Å². The van der Waals surface area contributed by atoms with E-state index >= 15 is 0 Å². The molecular formula is C26H23F6N3O2. The zero-order chi connectivity index (χ0) is 27.2. The molecule has 3 aromatic rings. The molecular weight excluding hydrogens is 500 g/mol. The minimum atomic E-state index is -4.60. The molecule has 0 spiro atoms. The highest BCUT2D eigenvalue weighted by molar-refractivity contribution is 6.07. The summed E-state index contributed by atoms with van der Waals surface area (Å²) in [5.74, 6) is -0.508. The van der Waals surface area contributed by atoms with Crippen molar-refractivity contribution in [2.45, 2.75) is 25.7 Å². The summed E-state index contributed by atoms with van der Waals surface area (Å²) < 4.78 is 78.3. The van der Waals surface area contributed by atoms with Crippen LogP contribution in [0.4, 0.5) is 42.5 Å². The zero-order valence-corrected chi connectivity index (χ0v) is 19.6. The van der Waals surface area contributed by atoms with Gasteiger partial charge < -0.3 is 15.5 Å². The minimum Gasteiger partial charge on any atom is -0.338 e. The Labute approximate surface area is 209 Å². The second kappa shape index (κ2) is 11.4. The highest BCUT2D eigenvalue weighted by atomic mass is 19.4. The van der Waals surface area contributed by atoms with Crippen molar-refractivity contribution in [3.8, 4) is 0 Å². The number of amides is 3. The van der Waals surface area contributed by atoms with E-state index in [0.717, 1.165) is 30.3 Å². The van der Waals surface area contributed by atoms with E-state index in [-0.39, 0.29) is 30.9 Å². The van der Waals surface area contributed by atoms with Gasteiger partial charge in [-0.05, 0) is 61.4 Å². The molecule has 3 amide bonds. The predicted octanol–water partition coefficient (Wildman–Crippen LogP) is 6.89. The fourth-order valence-electron chi connectivity index (χ4n) is 3.54. The maximum Gasteiger partial charge on any atom is 0.416 e. The summed E-state index contributed by atoms with van der Waals surface area (Å²) in [5, 5.41) is 4.77. The SMILES string of the molecule is Cc1ccccc1C(=O)N(CCCNC(=O)Nc1cccc(C(F)(F)F)c1)c1cccc(C(F)(F)F)c1. The molecule has 0 saturated carbocycles. The smallest absolute Gasteiger partial charge is 0.338 e. The Morgan fingerprint density at radius 1 is 0.811 bits per heavy atom. The van der Waals surface area contributed by atoms with E-state index in [0.29, 0.717) is 11.1 Å². The number of hydrogen-bond acceptors (Lipinski definition) is 2. The Kier molecular flexibility index (Phi) is 8.46.